The molecule has 1 aliphatic heterocycles. The highest BCUT2D eigenvalue weighted by atomic mass is 19.1. The Hall–Kier alpha value is -2.54. The molecule has 130 valence electrons. The Balaban J connectivity index is 1.46. The number of hydrogen-bond acceptors (Lipinski definition) is 6. The van der Waals surface area contributed by atoms with E-state index in [9.17, 15) is 4.39 Å². The minimum absolute atomic E-state index is 0.183. The van der Waals surface area contributed by atoms with E-state index in [1.54, 1.807) is 12.1 Å². The van der Waals surface area contributed by atoms with Crippen molar-refractivity contribution in [2.75, 3.05) is 31.1 Å². The summed E-state index contributed by atoms with van der Waals surface area (Å²) in [7, 11) is 0. The summed E-state index contributed by atoms with van der Waals surface area (Å²) in [6, 6.07) is 6.80. The number of fused-ring (bicyclic) bond motifs is 1. The fourth-order valence-electron chi connectivity index (χ4n) is 3.18. The van der Waals surface area contributed by atoms with Crippen molar-refractivity contribution < 1.29 is 8.81 Å². The zero-order valence-corrected chi connectivity index (χ0v) is 14.2. The molecule has 0 atom stereocenters. The molecule has 4 rings (SSSR count). The lowest BCUT2D eigenvalue weighted by Crippen LogP contribution is -2.46. The Morgan fingerprint density at radius 2 is 2.00 bits per heavy atom. The number of nitrogens with zero attached hydrogens (tertiary/aromatic N) is 5. The van der Waals surface area contributed by atoms with Gasteiger partial charge in [-0.2, -0.15) is 4.98 Å². The largest absolute Gasteiger partial charge is 0.422 e. The van der Waals surface area contributed by atoms with Crippen LogP contribution in [-0.2, 0) is 13.0 Å². The molecule has 0 spiro atoms. The molecule has 0 bridgehead atoms. The lowest BCUT2D eigenvalue weighted by molar-refractivity contribution is 0.249. The topological polar surface area (TPSA) is 58.3 Å². The molecule has 3 aromatic rings. The van der Waals surface area contributed by atoms with E-state index in [0.717, 1.165) is 56.0 Å². The lowest BCUT2D eigenvalue weighted by atomic mass is 10.2. The van der Waals surface area contributed by atoms with Crippen molar-refractivity contribution in [1.82, 2.24) is 19.9 Å². The van der Waals surface area contributed by atoms with E-state index < -0.39 is 0 Å². The van der Waals surface area contributed by atoms with E-state index in [0.29, 0.717) is 11.6 Å². The van der Waals surface area contributed by atoms with Crippen LogP contribution in [0.25, 0.3) is 11.2 Å². The van der Waals surface area contributed by atoms with Crippen LogP contribution in [0.4, 0.5) is 10.2 Å². The van der Waals surface area contributed by atoms with Gasteiger partial charge in [0.2, 0.25) is 0 Å². The third-order valence-electron chi connectivity index (χ3n) is 4.49. The molecule has 3 heterocycles. The number of hydrogen-bond donors (Lipinski definition) is 0. The Morgan fingerprint density at radius 3 is 2.76 bits per heavy atom. The normalized spacial score (nSPS) is 15.8. The first-order valence-corrected chi connectivity index (χ1v) is 8.55. The molecule has 1 fully saturated rings. The molecule has 0 aliphatic carbocycles. The van der Waals surface area contributed by atoms with Crippen molar-refractivity contribution in [3.63, 3.8) is 0 Å². The third kappa shape index (κ3) is 3.32. The van der Waals surface area contributed by atoms with E-state index in [1.807, 2.05) is 13.0 Å². The number of aromatic nitrogens is 3. The van der Waals surface area contributed by atoms with Gasteiger partial charge in [0.05, 0.1) is 0 Å². The van der Waals surface area contributed by atoms with Crippen molar-refractivity contribution in [2.24, 2.45) is 0 Å². The molecule has 1 aliphatic rings. The van der Waals surface area contributed by atoms with Crippen molar-refractivity contribution in [3.8, 4) is 0 Å². The van der Waals surface area contributed by atoms with Crippen LogP contribution in [0.5, 0.6) is 0 Å². The maximum absolute atomic E-state index is 13.3. The predicted octanol–water partition coefficient (Wildman–Crippen LogP) is 2.64. The minimum atomic E-state index is -0.183. The van der Waals surface area contributed by atoms with Crippen LogP contribution in [0.3, 0.4) is 0 Å². The van der Waals surface area contributed by atoms with Crippen LogP contribution < -0.4 is 4.90 Å². The lowest BCUT2D eigenvalue weighted by Gasteiger charge is -2.35. The zero-order chi connectivity index (χ0) is 17.2. The van der Waals surface area contributed by atoms with Gasteiger partial charge in [0.25, 0.3) is 5.71 Å². The molecule has 6 nitrogen and oxygen atoms in total. The highest BCUT2D eigenvalue weighted by molar-refractivity contribution is 5.81. The monoisotopic (exact) mass is 341 g/mol. The fourth-order valence-corrected chi connectivity index (χ4v) is 3.18. The summed E-state index contributed by atoms with van der Waals surface area (Å²) in [4.78, 5) is 17.6. The van der Waals surface area contributed by atoms with Crippen molar-refractivity contribution in [2.45, 2.75) is 19.9 Å². The highest BCUT2D eigenvalue weighted by Gasteiger charge is 2.22. The number of aryl methyl sites for hydroxylation is 1. The van der Waals surface area contributed by atoms with E-state index in [-0.39, 0.29) is 5.82 Å². The van der Waals surface area contributed by atoms with Gasteiger partial charge < -0.3 is 9.32 Å². The van der Waals surface area contributed by atoms with E-state index in [2.05, 4.69) is 24.8 Å². The Labute approximate surface area is 145 Å². The summed E-state index contributed by atoms with van der Waals surface area (Å²) in [5.41, 5.74) is 2.28. The highest BCUT2D eigenvalue weighted by Crippen LogP contribution is 2.24. The number of benzene rings is 1. The third-order valence-corrected chi connectivity index (χ3v) is 4.49. The number of rotatable bonds is 4. The molecule has 0 unspecified atom stereocenters. The molecule has 0 amide bonds. The van der Waals surface area contributed by atoms with Gasteiger partial charge in [-0.05, 0) is 17.7 Å². The molecule has 0 radical (unpaired) electrons. The van der Waals surface area contributed by atoms with Gasteiger partial charge in [-0.3, -0.25) is 4.90 Å². The smallest absolute Gasteiger partial charge is 0.252 e. The van der Waals surface area contributed by atoms with Crippen LogP contribution >= 0.6 is 0 Å². The molecular formula is C18H20FN5O. The first-order valence-electron chi connectivity index (χ1n) is 8.55. The first-order chi connectivity index (χ1) is 12.2. The van der Waals surface area contributed by atoms with Crippen molar-refractivity contribution in [3.05, 3.63) is 47.9 Å². The van der Waals surface area contributed by atoms with E-state index in [4.69, 9.17) is 4.42 Å². The van der Waals surface area contributed by atoms with Gasteiger partial charge >= 0.3 is 0 Å². The standard InChI is InChI=1S/C18H20FN5O/c1-2-15-22-16-17(20-12-21-18(16)25-15)24-8-6-23(7-9-24)11-13-4-3-5-14(19)10-13/h3-5,10,12H,2,6-9,11H2,1H3. The maximum atomic E-state index is 13.3. The summed E-state index contributed by atoms with van der Waals surface area (Å²) in [6.45, 7) is 6.23. The number of anilines is 1. The second kappa shape index (κ2) is 6.76. The molecule has 25 heavy (non-hydrogen) atoms. The molecular weight excluding hydrogens is 321 g/mol. The van der Waals surface area contributed by atoms with Gasteiger partial charge in [-0.15, -0.1) is 0 Å². The number of piperazine rings is 1. The van der Waals surface area contributed by atoms with E-state index >= 15 is 0 Å². The predicted molar refractivity (Wildman–Crippen MR) is 92.9 cm³/mol. The average Bonchev–Trinajstić information content (AvgIpc) is 3.06. The minimum Gasteiger partial charge on any atom is -0.422 e. The summed E-state index contributed by atoms with van der Waals surface area (Å²) in [5, 5.41) is 0. The Kier molecular flexibility index (Phi) is 4.31. The van der Waals surface area contributed by atoms with Gasteiger partial charge in [0.15, 0.2) is 17.2 Å². The van der Waals surface area contributed by atoms with Crippen LogP contribution in [0.2, 0.25) is 0 Å². The SMILES string of the molecule is CCc1nc2c(N3CCN(Cc4cccc(F)c4)CC3)ncnc2o1. The Bertz CT molecular complexity index is 873. The summed E-state index contributed by atoms with van der Waals surface area (Å²) < 4.78 is 19.0. The van der Waals surface area contributed by atoms with Crippen LogP contribution in [0, 0.1) is 5.82 Å². The molecule has 1 aromatic carbocycles. The summed E-state index contributed by atoms with van der Waals surface area (Å²) >= 11 is 0. The van der Waals surface area contributed by atoms with Gasteiger partial charge in [-0.25, -0.2) is 14.4 Å². The molecule has 1 saturated heterocycles. The van der Waals surface area contributed by atoms with Gasteiger partial charge in [-0.1, -0.05) is 19.1 Å². The summed E-state index contributed by atoms with van der Waals surface area (Å²) in [5.74, 6) is 1.33. The number of oxazole rings is 1. The number of halogens is 1. The average molecular weight is 341 g/mol. The zero-order valence-electron chi connectivity index (χ0n) is 14.2. The van der Waals surface area contributed by atoms with Crippen molar-refractivity contribution >= 4 is 17.0 Å². The van der Waals surface area contributed by atoms with Gasteiger partial charge in [0.1, 0.15) is 12.1 Å². The summed E-state index contributed by atoms with van der Waals surface area (Å²) in [6.07, 6.45) is 2.26. The van der Waals surface area contributed by atoms with Crippen LogP contribution in [0.15, 0.2) is 35.0 Å². The molecule has 2 aromatic heterocycles. The van der Waals surface area contributed by atoms with Crippen molar-refractivity contribution in [1.29, 1.82) is 0 Å². The van der Waals surface area contributed by atoms with Crippen LogP contribution in [0.1, 0.15) is 18.4 Å². The van der Waals surface area contributed by atoms with Crippen LogP contribution in [-0.4, -0.2) is 46.0 Å². The van der Waals surface area contributed by atoms with Gasteiger partial charge in [0, 0.05) is 39.1 Å². The fraction of sp³-hybridized carbons (Fsp3) is 0.389. The molecule has 0 saturated carbocycles. The molecule has 0 N–H and O–H groups in total. The van der Waals surface area contributed by atoms with E-state index in [1.165, 1.54) is 12.4 Å². The first kappa shape index (κ1) is 16.0. The maximum Gasteiger partial charge on any atom is 0.252 e. The quantitative estimate of drug-likeness (QED) is 0.727. The molecule has 7 heteroatoms. The second-order valence-electron chi connectivity index (χ2n) is 6.21. The second-order valence-corrected chi connectivity index (χ2v) is 6.21. The Morgan fingerprint density at radius 1 is 1.16 bits per heavy atom.